The maximum Gasteiger partial charge on any atom is 0.0720 e. The smallest absolute Gasteiger partial charge is 0.0720 e. The lowest BCUT2D eigenvalue weighted by Crippen LogP contribution is -2.14. The van der Waals surface area contributed by atoms with Crippen LogP contribution in [0.25, 0.3) is 0 Å². The third kappa shape index (κ3) is 3.94. The quantitative estimate of drug-likeness (QED) is 0.672. The number of benzene rings is 1. The van der Waals surface area contributed by atoms with E-state index >= 15 is 0 Å². The van der Waals surface area contributed by atoms with Crippen molar-refractivity contribution in [2.75, 3.05) is 11.9 Å². The second-order valence-corrected chi connectivity index (χ2v) is 6.23. The first-order chi connectivity index (χ1) is 8.66. The Morgan fingerprint density at radius 2 is 1.50 bits per heavy atom. The van der Waals surface area contributed by atoms with Crippen LogP contribution in [-0.4, -0.2) is 6.54 Å². The lowest BCUT2D eigenvalue weighted by Gasteiger charge is -2.17. The zero-order valence-corrected chi connectivity index (χ0v) is 12.6. The Morgan fingerprint density at radius 3 is 2.06 bits per heavy atom. The number of nitrogens with one attached hydrogen (secondary N) is 1. The number of hydrogen-bond donors (Lipinski definition) is 1. The Labute approximate surface area is 124 Å². The summed E-state index contributed by atoms with van der Waals surface area (Å²) in [6.45, 7) is 0.946. The summed E-state index contributed by atoms with van der Waals surface area (Å²) in [5, 5.41) is 5.15. The third-order valence-electron chi connectivity index (χ3n) is 3.55. The first kappa shape index (κ1) is 14.3. The Morgan fingerprint density at radius 1 is 0.944 bits per heavy atom. The van der Waals surface area contributed by atoms with E-state index in [1.54, 1.807) is 12.1 Å². The highest BCUT2D eigenvalue weighted by molar-refractivity contribution is 6.41. The zero-order chi connectivity index (χ0) is 13.0. The van der Waals surface area contributed by atoms with Crippen molar-refractivity contribution in [3.63, 3.8) is 0 Å². The second kappa shape index (κ2) is 6.88. The number of halogens is 3. The van der Waals surface area contributed by atoms with Crippen molar-refractivity contribution < 1.29 is 0 Å². The van der Waals surface area contributed by atoms with Gasteiger partial charge in [0, 0.05) is 11.6 Å². The van der Waals surface area contributed by atoms with Crippen molar-refractivity contribution >= 4 is 40.5 Å². The zero-order valence-electron chi connectivity index (χ0n) is 10.3. The van der Waals surface area contributed by atoms with Crippen molar-refractivity contribution in [2.45, 2.75) is 38.5 Å². The average Bonchev–Trinajstić information content (AvgIpc) is 2.56. The van der Waals surface area contributed by atoms with E-state index in [0.717, 1.165) is 18.2 Å². The molecule has 1 saturated carbocycles. The molecule has 0 bridgehead atoms. The largest absolute Gasteiger partial charge is 0.382 e. The van der Waals surface area contributed by atoms with E-state index in [2.05, 4.69) is 5.32 Å². The normalized spacial score (nSPS) is 17.5. The summed E-state index contributed by atoms with van der Waals surface area (Å²) in [5.74, 6) is 0.732. The molecule has 18 heavy (non-hydrogen) atoms. The SMILES string of the molecule is Clc1cc(Cl)c(NCC2CCCCCC2)c(Cl)c1. The van der Waals surface area contributed by atoms with Gasteiger partial charge in [-0.15, -0.1) is 0 Å². The van der Waals surface area contributed by atoms with Gasteiger partial charge >= 0.3 is 0 Å². The second-order valence-electron chi connectivity index (χ2n) is 4.98. The van der Waals surface area contributed by atoms with Gasteiger partial charge in [0.15, 0.2) is 0 Å². The molecule has 0 unspecified atom stereocenters. The molecule has 0 atom stereocenters. The fourth-order valence-corrected chi connectivity index (χ4v) is 3.48. The van der Waals surface area contributed by atoms with Crippen LogP contribution < -0.4 is 5.32 Å². The molecule has 2 rings (SSSR count). The highest BCUT2D eigenvalue weighted by Gasteiger charge is 2.14. The van der Waals surface area contributed by atoms with E-state index in [-0.39, 0.29) is 0 Å². The minimum absolute atomic E-state index is 0.574. The standard InChI is InChI=1S/C14H18Cl3N/c15-11-7-12(16)14(13(17)8-11)18-9-10-5-3-1-2-4-6-10/h7-8,10,18H,1-6,9H2. The molecule has 4 heteroatoms. The molecule has 1 fully saturated rings. The molecule has 0 radical (unpaired) electrons. The molecule has 0 aliphatic heterocycles. The predicted molar refractivity (Wildman–Crippen MR) is 81.2 cm³/mol. The van der Waals surface area contributed by atoms with Crippen molar-refractivity contribution in [1.82, 2.24) is 0 Å². The predicted octanol–water partition coefficient (Wildman–Crippen LogP) is 6.03. The van der Waals surface area contributed by atoms with Crippen molar-refractivity contribution in [1.29, 1.82) is 0 Å². The van der Waals surface area contributed by atoms with E-state index in [9.17, 15) is 0 Å². The van der Waals surface area contributed by atoms with Gasteiger partial charge < -0.3 is 5.32 Å². The lowest BCUT2D eigenvalue weighted by atomic mass is 10.0. The average molecular weight is 307 g/mol. The summed E-state index contributed by atoms with van der Waals surface area (Å²) in [6, 6.07) is 3.45. The topological polar surface area (TPSA) is 12.0 Å². The van der Waals surface area contributed by atoms with Crippen molar-refractivity contribution in [2.24, 2.45) is 5.92 Å². The molecule has 100 valence electrons. The molecule has 0 aromatic heterocycles. The number of rotatable bonds is 3. The maximum atomic E-state index is 6.15. The minimum atomic E-state index is 0.574. The summed E-state index contributed by atoms with van der Waals surface area (Å²) < 4.78 is 0. The van der Waals surface area contributed by atoms with Crippen LogP contribution in [0.2, 0.25) is 15.1 Å². The Balaban J connectivity index is 1.97. The van der Waals surface area contributed by atoms with Gasteiger partial charge in [-0.2, -0.15) is 0 Å². The molecule has 0 spiro atoms. The first-order valence-electron chi connectivity index (χ1n) is 6.55. The van der Waals surface area contributed by atoms with E-state index < -0.39 is 0 Å². The fourth-order valence-electron chi connectivity index (χ4n) is 2.53. The van der Waals surface area contributed by atoms with Gasteiger partial charge in [-0.1, -0.05) is 60.5 Å². The molecule has 1 N–H and O–H groups in total. The van der Waals surface area contributed by atoms with Crippen LogP contribution in [0.3, 0.4) is 0 Å². The molecular formula is C14H18Cl3N. The summed E-state index contributed by atoms with van der Waals surface area (Å²) in [6.07, 6.45) is 8.03. The van der Waals surface area contributed by atoms with Gasteiger partial charge in [-0.3, -0.25) is 0 Å². The van der Waals surface area contributed by atoms with Crippen LogP contribution in [0.4, 0.5) is 5.69 Å². The minimum Gasteiger partial charge on any atom is -0.382 e. The van der Waals surface area contributed by atoms with Gasteiger partial charge in [-0.25, -0.2) is 0 Å². The Bertz CT molecular complexity index is 375. The van der Waals surface area contributed by atoms with E-state index in [1.807, 2.05) is 0 Å². The van der Waals surface area contributed by atoms with Gasteiger partial charge in [-0.05, 0) is 30.9 Å². The fraction of sp³-hybridized carbons (Fsp3) is 0.571. The lowest BCUT2D eigenvalue weighted by molar-refractivity contribution is 0.483. The van der Waals surface area contributed by atoms with Crippen LogP contribution in [0.1, 0.15) is 38.5 Å². The van der Waals surface area contributed by atoms with E-state index in [4.69, 9.17) is 34.8 Å². The molecular weight excluding hydrogens is 289 g/mol. The van der Waals surface area contributed by atoms with Gasteiger partial charge in [0.25, 0.3) is 0 Å². The number of anilines is 1. The molecule has 1 aromatic rings. The van der Waals surface area contributed by atoms with E-state index in [1.165, 1.54) is 38.5 Å². The van der Waals surface area contributed by atoms with Crippen LogP contribution in [0.5, 0.6) is 0 Å². The molecule has 1 aliphatic carbocycles. The van der Waals surface area contributed by atoms with Crippen molar-refractivity contribution in [3.8, 4) is 0 Å². The molecule has 0 saturated heterocycles. The first-order valence-corrected chi connectivity index (χ1v) is 7.68. The highest BCUT2D eigenvalue weighted by atomic mass is 35.5. The van der Waals surface area contributed by atoms with Crippen LogP contribution in [-0.2, 0) is 0 Å². The summed E-state index contributed by atoms with van der Waals surface area (Å²) in [5.41, 5.74) is 0.812. The molecule has 0 heterocycles. The Kier molecular flexibility index (Phi) is 5.47. The molecule has 1 aliphatic rings. The molecule has 1 aromatic carbocycles. The summed E-state index contributed by atoms with van der Waals surface area (Å²) >= 11 is 18.2. The third-order valence-corrected chi connectivity index (χ3v) is 4.36. The monoisotopic (exact) mass is 305 g/mol. The van der Waals surface area contributed by atoms with Gasteiger partial charge in [0.2, 0.25) is 0 Å². The number of hydrogen-bond acceptors (Lipinski definition) is 1. The summed E-state index contributed by atoms with van der Waals surface area (Å²) in [7, 11) is 0. The Hall–Kier alpha value is -0.110. The van der Waals surface area contributed by atoms with Crippen LogP contribution in [0, 0.1) is 5.92 Å². The van der Waals surface area contributed by atoms with Crippen molar-refractivity contribution in [3.05, 3.63) is 27.2 Å². The van der Waals surface area contributed by atoms with Crippen LogP contribution in [0.15, 0.2) is 12.1 Å². The molecule has 1 nitrogen and oxygen atoms in total. The maximum absolute atomic E-state index is 6.15. The van der Waals surface area contributed by atoms with Gasteiger partial charge in [0.1, 0.15) is 0 Å². The highest BCUT2D eigenvalue weighted by Crippen LogP contribution is 2.34. The van der Waals surface area contributed by atoms with E-state index in [0.29, 0.717) is 15.1 Å². The molecule has 0 amide bonds. The summed E-state index contributed by atoms with van der Waals surface area (Å²) in [4.78, 5) is 0. The van der Waals surface area contributed by atoms with Crippen LogP contribution >= 0.6 is 34.8 Å². The van der Waals surface area contributed by atoms with Gasteiger partial charge in [0.05, 0.1) is 15.7 Å².